The maximum Gasteiger partial charge on any atom is 0.238 e. The largest absolute Gasteiger partial charge is 0.497 e. The highest BCUT2D eigenvalue weighted by Gasteiger charge is 2.16. The van der Waals surface area contributed by atoms with Crippen molar-refractivity contribution in [1.29, 1.82) is 0 Å². The molecule has 146 valence electrons. The highest BCUT2D eigenvalue weighted by molar-refractivity contribution is 7.89. The summed E-state index contributed by atoms with van der Waals surface area (Å²) in [6.07, 6.45) is 3.71. The Bertz CT molecular complexity index is 942. The second kappa shape index (κ2) is 8.58. The molecule has 27 heavy (non-hydrogen) atoms. The van der Waals surface area contributed by atoms with Crippen LogP contribution in [-0.4, -0.2) is 31.3 Å². The number of ketones is 1. The number of rotatable bonds is 8. The number of ether oxygens (including phenoxy) is 1. The summed E-state index contributed by atoms with van der Waals surface area (Å²) in [6, 6.07) is 4.76. The van der Waals surface area contributed by atoms with E-state index in [2.05, 4.69) is 9.97 Å². The highest BCUT2D eigenvalue weighted by atomic mass is 32.2. The van der Waals surface area contributed by atoms with Crippen molar-refractivity contribution in [1.82, 2.24) is 9.97 Å². The van der Waals surface area contributed by atoms with Gasteiger partial charge in [0.2, 0.25) is 10.0 Å². The van der Waals surface area contributed by atoms with Crippen molar-refractivity contribution in [2.75, 3.05) is 7.11 Å². The molecule has 0 saturated heterocycles. The average Bonchev–Trinajstić information content (AvgIpc) is 2.60. The van der Waals surface area contributed by atoms with Gasteiger partial charge >= 0.3 is 0 Å². The van der Waals surface area contributed by atoms with Crippen LogP contribution in [-0.2, 0) is 16.4 Å². The minimum atomic E-state index is -3.79. The Balaban J connectivity index is 2.10. The zero-order chi connectivity index (χ0) is 20.2. The summed E-state index contributed by atoms with van der Waals surface area (Å²) in [7, 11) is -2.26. The predicted octanol–water partition coefficient (Wildman–Crippen LogP) is 2.77. The molecule has 0 fully saturated rings. The van der Waals surface area contributed by atoms with E-state index in [4.69, 9.17) is 9.88 Å². The van der Waals surface area contributed by atoms with Gasteiger partial charge < -0.3 is 4.74 Å². The van der Waals surface area contributed by atoms with E-state index in [0.29, 0.717) is 29.1 Å². The van der Waals surface area contributed by atoms with Gasteiger partial charge in [-0.2, -0.15) is 0 Å². The molecule has 0 aliphatic heterocycles. The van der Waals surface area contributed by atoms with Crippen LogP contribution >= 0.6 is 0 Å². The van der Waals surface area contributed by atoms with E-state index in [1.54, 1.807) is 25.3 Å². The number of aryl methyl sites for hydroxylation is 2. The van der Waals surface area contributed by atoms with Crippen LogP contribution in [0.1, 0.15) is 60.0 Å². The molecule has 2 N–H and O–H groups in total. The smallest absolute Gasteiger partial charge is 0.238 e. The number of carbonyl (C=O) groups is 1. The van der Waals surface area contributed by atoms with Crippen molar-refractivity contribution < 1.29 is 17.9 Å². The van der Waals surface area contributed by atoms with E-state index in [1.165, 1.54) is 20.1 Å². The molecule has 1 heterocycles. The van der Waals surface area contributed by atoms with E-state index in [9.17, 15) is 13.2 Å². The van der Waals surface area contributed by atoms with Crippen molar-refractivity contribution in [3.63, 3.8) is 0 Å². The van der Waals surface area contributed by atoms with Crippen LogP contribution in [0.25, 0.3) is 0 Å². The number of nitrogens with two attached hydrogens (primary N) is 1. The first-order valence-corrected chi connectivity index (χ1v) is 10.2. The second-order valence-electron chi connectivity index (χ2n) is 6.60. The summed E-state index contributed by atoms with van der Waals surface area (Å²) in [5, 5.41) is 5.31. The second-order valence-corrected chi connectivity index (χ2v) is 8.13. The fourth-order valence-electron chi connectivity index (χ4n) is 2.98. The minimum absolute atomic E-state index is 0.104. The number of hydrogen-bond acceptors (Lipinski definition) is 6. The Hall–Kier alpha value is -2.32. The van der Waals surface area contributed by atoms with Gasteiger partial charge in [-0.05, 0) is 55.9 Å². The molecule has 7 nitrogen and oxygen atoms in total. The van der Waals surface area contributed by atoms with Crippen LogP contribution in [0.4, 0.5) is 0 Å². The Labute approximate surface area is 160 Å². The molecule has 0 bridgehead atoms. The molecule has 0 radical (unpaired) electrons. The van der Waals surface area contributed by atoms with Gasteiger partial charge in [-0.15, -0.1) is 0 Å². The van der Waals surface area contributed by atoms with Gasteiger partial charge in [0.25, 0.3) is 0 Å². The lowest BCUT2D eigenvalue weighted by molar-refractivity contribution is 0.101. The van der Waals surface area contributed by atoms with E-state index in [1.807, 2.05) is 6.92 Å². The third-order valence-corrected chi connectivity index (χ3v) is 5.47. The maximum absolute atomic E-state index is 11.8. The molecule has 0 aliphatic carbocycles. The first kappa shape index (κ1) is 21.0. The summed E-state index contributed by atoms with van der Waals surface area (Å²) >= 11 is 0. The third-order valence-electron chi connectivity index (χ3n) is 4.46. The Morgan fingerprint density at radius 2 is 2.04 bits per heavy atom. The first-order valence-electron chi connectivity index (χ1n) is 8.67. The molecule has 2 aromatic rings. The standard InChI is InChI=1S/C19H25N3O4S/c1-12(17-11-21-19(14(3)23)13(2)22-17)6-5-7-15-10-16(26-4)8-9-18(15)27(20,24)25/h8-12H,5-7H2,1-4H3,(H2,20,24,25). The maximum atomic E-state index is 11.8. The fraction of sp³-hybridized carbons (Fsp3) is 0.421. The number of Topliss-reactive ketones (excluding diaryl/α,β-unsaturated/α-hetero) is 1. The normalized spacial score (nSPS) is 12.6. The fourth-order valence-corrected chi connectivity index (χ4v) is 3.77. The third kappa shape index (κ3) is 5.33. The van der Waals surface area contributed by atoms with Gasteiger partial charge in [-0.1, -0.05) is 6.92 Å². The SMILES string of the molecule is COc1ccc(S(N)(=O)=O)c(CCCC(C)c2cnc(C(C)=O)c(C)n2)c1. The van der Waals surface area contributed by atoms with Crippen LogP contribution < -0.4 is 9.88 Å². The molecule has 0 amide bonds. The molecule has 0 spiro atoms. The highest BCUT2D eigenvalue weighted by Crippen LogP contribution is 2.25. The lowest BCUT2D eigenvalue weighted by Gasteiger charge is -2.14. The molecule has 1 atom stereocenters. The van der Waals surface area contributed by atoms with Gasteiger partial charge in [-0.3, -0.25) is 9.78 Å². The van der Waals surface area contributed by atoms with Crippen LogP contribution in [0.3, 0.4) is 0 Å². The van der Waals surface area contributed by atoms with Crippen LogP contribution in [0.2, 0.25) is 0 Å². The number of primary sulfonamides is 1. The van der Waals surface area contributed by atoms with Crippen molar-refractivity contribution in [3.05, 3.63) is 47.0 Å². The lowest BCUT2D eigenvalue weighted by Crippen LogP contribution is -2.15. The molecule has 2 rings (SSSR count). The quantitative estimate of drug-likeness (QED) is 0.693. The van der Waals surface area contributed by atoms with E-state index in [0.717, 1.165) is 18.5 Å². The van der Waals surface area contributed by atoms with Gasteiger partial charge in [0, 0.05) is 13.1 Å². The Morgan fingerprint density at radius 3 is 2.59 bits per heavy atom. The average molecular weight is 391 g/mol. The predicted molar refractivity (Wildman–Crippen MR) is 102 cm³/mol. The van der Waals surface area contributed by atoms with Crippen LogP contribution in [0.5, 0.6) is 5.75 Å². The number of aromatic nitrogens is 2. The van der Waals surface area contributed by atoms with E-state index < -0.39 is 10.0 Å². The van der Waals surface area contributed by atoms with Crippen LogP contribution in [0.15, 0.2) is 29.3 Å². The van der Waals surface area contributed by atoms with Crippen molar-refractivity contribution in [3.8, 4) is 5.75 Å². The molecule has 1 aromatic carbocycles. The van der Waals surface area contributed by atoms with Gasteiger partial charge in [0.15, 0.2) is 5.78 Å². The summed E-state index contributed by atoms with van der Waals surface area (Å²) < 4.78 is 28.8. The number of nitrogens with zero attached hydrogens (tertiary/aromatic N) is 2. The minimum Gasteiger partial charge on any atom is -0.497 e. The molecule has 0 aliphatic rings. The first-order chi connectivity index (χ1) is 12.6. The van der Waals surface area contributed by atoms with Crippen LogP contribution in [0, 0.1) is 6.92 Å². The Morgan fingerprint density at radius 1 is 1.33 bits per heavy atom. The molecular weight excluding hydrogens is 366 g/mol. The van der Waals surface area contributed by atoms with Gasteiger partial charge in [0.05, 0.1) is 23.4 Å². The molecular formula is C19H25N3O4S. The van der Waals surface area contributed by atoms with Gasteiger partial charge in [-0.25, -0.2) is 18.5 Å². The monoisotopic (exact) mass is 391 g/mol. The lowest BCUT2D eigenvalue weighted by atomic mass is 9.98. The molecule has 8 heteroatoms. The van der Waals surface area contributed by atoms with Gasteiger partial charge in [0.1, 0.15) is 11.4 Å². The zero-order valence-electron chi connectivity index (χ0n) is 16.0. The number of methoxy groups -OCH3 is 1. The summed E-state index contributed by atoms with van der Waals surface area (Å²) in [5.41, 5.74) is 2.46. The van der Waals surface area contributed by atoms with Crippen molar-refractivity contribution in [2.24, 2.45) is 5.14 Å². The number of carbonyl (C=O) groups excluding carboxylic acids is 1. The molecule has 1 unspecified atom stereocenters. The number of sulfonamides is 1. The van der Waals surface area contributed by atoms with E-state index >= 15 is 0 Å². The van der Waals surface area contributed by atoms with Crippen molar-refractivity contribution >= 4 is 15.8 Å². The molecule has 0 saturated carbocycles. The number of benzene rings is 1. The topological polar surface area (TPSA) is 112 Å². The van der Waals surface area contributed by atoms with E-state index in [-0.39, 0.29) is 16.6 Å². The summed E-state index contributed by atoms with van der Waals surface area (Å²) in [5.74, 6) is 0.611. The van der Waals surface area contributed by atoms with Crippen molar-refractivity contribution in [2.45, 2.75) is 50.8 Å². The number of hydrogen-bond donors (Lipinski definition) is 1. The summed E-state index contributed by atoms with van der Waals surface area (Å²) in [6.45, 7) is 5.27. The zero-order valence-corrected chi connectivity index (χ0v) is 16.8. The molecule has 1 aromatic heterocycles. The summed E-state index contributed by atoms with van der Waals surface area (Å²) in [4.78, 5) is 20.3. The Kier molecular flexibility index (Phi) is 6.67.